The number of carbonyl (C=O) groups excluding carboxylic acids is 2. The maximum atomic E-state index is 13.2. The lowest BCUT2D eigenvalue weighted by Crippen LogP contribution is -2.70. The summed E-state index contributed by atoms with van der Waals surface area (Å²) in [5.41, 5.74) is 1.28. The van der Waals surface area contributed by atoms with E-state index in [4.69, 9.17) is 4.74 Å². The van der Waals surface area contributed by atoms with Crippen LogP contribution in [-0.4, -0.2) is 63.3 Å². The summed E-state index contributed by atoms with van der Waals surface area (Å²) in [6, 6.07) is 13.4. The van der Waals surface area contributed by atoms with Crippen molar-refractivity contribution in [2.75, 3.05) is 24.1 Å². The lowest BCUT2D eigenvalue weighted by atomic mass is 10.0. The largest absolute Gasteiger partial charge is 0.618 e. The predicted molar refractivity (Wildman–Crippen MR) is 139 cm³/mol. The smallest absolute Gasteiger partial charge is 0.352 e. The van der Waals surface area contributed by atoms with E-state index in [1.165, 1.54) is 46.4 Å². The molecule has 3 atom stereocenters. The Morgan fingerprint density at radius 2 is 2.03 bits per heavy atom. The Hall–Kier alpha value is -2.67. The first-order valence-corrected chi connectivity index (χ1v) is 14.3. The second kappa shape index (κ2) is 12.0. The van der Waals surface area contributed by atoms with Crippen LogP contribution in [0.15, 0.2) is 71.0 Å². The van der Waals surface area contributed by atoms with E-state index in [0.29, 0.717) is 28.9 Å². The first-order valence-electron chi connectivity index (χ1n) is 11.2. The average molecular weight is 548 g/mol. The highest BCUT2D eigenvalue weighted by atomic mass is 32.2. The van der Waals surface area contributed by atoms with Crippen LogP contribution in [0, 0.1) is 5.21 Å². The van der Waals surface area contributed by atoms with Gasteiger partial charge in [-0.25, -0.2) is 4.79 Å². The van der Waals surface area contributed by atoms with E-state index in [0.717, 1.165) is 10.3 Å². The Morgan fingerprint density at radius 3 is 2.72 bits per heavy atom. The lowest BCUT2D eigenvalue weighted by molar-refractivity contribution is -0.645. The van der Waals surface area contributed by atoms with Crippen LogP contribution in [-0.2, 0) is 19.1 Å². The Morgan fingerprint density at radius 1 is 1.28 bits per heavy atom. The minimum absolute atomic E-state index is 0.0690. The van der Waals surface area contributed by atoms with E-state index >= 15 is 0 Å². The summed E-state index contributed by atoms with van der Waals surface area (Å²) in [5.74, 6) is -1.02. The van der Waals surface area contributed by atoms with Gasteiger partial charge >= 0.3 is 5.97 Å². The molecule has 2 unspecified atom stereocenters. The Kier molecular flexibility index (Phi) is 8.83. The van der Waals surface area contributed by atoms with E-state index in [1.54, 1.807) is 18.2 Å². The molecule has 0 radical (unpaired) electrons. The summed E-state index contributed by atoms with van der Waals surface area (Å²) in [6.45, 7) is 2.40. The van der Waals surface area contributed by atoms with Gasteiger partial charge in [0.05, 0.1) is 5.94 Å². The predicted octanol–water partition coefficient (Wildman–Crippen LogP) is 2.62. The van der Waals surface area contributed by atoms with Gasteiger partial charge in [-0.3, -0.25) is 14.5 Å². The number of hydrogen-bond donors (Lipinski definition) is 2. The Labute approximate surface area is 221 Å². The Balaban J connectivity index is 1.47. The van der Waals surface area contributed by atoms with Gasteiger partial charge in [0.25, 0.3) is 10.9 Å². The number of fused-ring (bicyclic) bond motifs is 1. The SMILES string of the molecule is CCOCSC(C(=O)N[C@H]1C(=O)N2C(C(=O)O)=C(CSc3cccc[n+]3[O-])CSC12)c1ccccc1. The van der Waals surface area contributed by atoms with Crippen molar-refractivity contribution < 1.29 is 29.0 Å². The van der Waals surface area contributed by atoms with Gasteiger partial charge in [-0.15, -0.1) is 23.5 Å². The van der Waals surface area contributed by atoms with Gasteiger partial charge in [0, 0.05) is 30.2 Å². The molecule has 1 saturated heterocycles. The molecule has 190 valence electrons. The van der Waals surface area contributed by atoms with Crippen LogP contribution in [0.3, 0.4) is 0 Å². The van der Waals surface area contributed by atoms with Crippen LogP contribution < -0.4 is 10.0 Å². The van der Waals surface area contributed by atoms with Gasteiger partial charge < -0.3 is 20.4 Å². The molecule has 9 nitrogen and oxygen atoms in total. The minimum Gasteiger partial charge on any atom is -0.618 e. The number of thioether (sulfide) groups is 3. The third kappa shape index (κ3) is 5.66. The second-order valence-corrected chi connectivity index (χ2v) is 11.0. The first-order chi connectivity index (χ1) is 17.4. The number of hydrogen-bond acceptors (Lipinski definition) is 8. The van der Waals surface area contributed by atoms with Crippen molar-refractivity contribution in [3.63, 3.8) is 0 Å². The van der Waals surface area contributed by atoms with E-state index in [9.17, 15) is 24.7 Å². The molecule has 12 heteroatoms. The zero-order valence-electron chi connectivity index (χ0n) is 19.4. The molecular formula is C24H25N3O6S3. The molecule has 4 rings (SSSR count). The van der Waals surface area contributed by atoms with Crippen LogP contribution in [0.5, 0.6) is 0 Å². The molecule has 0 aliphatic carbocycles. The quantitative estimate of drug-likeness (QED) is 0.109. The van der Waals surface area contributed by atoms with Crippen LogP contribution in [0.1, 0.15) is 17.7 Å². The molecule has 2 N–H and O–H groups in total. The topological polar surface area (TPSA) is 123 Å². The molecule has 1 fully saturated rings. The maximum absolute atomic E-state index is 13.2. The molecular weight excluding hydrogens is 522 g/mol. The third-order valence-electron chi connectivity index (χ3n) is 5.59. The second-order valence-electron chi connectivity index (χ2n) is 7.87. The number of amides is 2. The molecule has 0 saturated carbocycles. The third-order valence-corrected chi connectivity index (χ3v) is 9.16. The number of aliphatic carboxylic acids is 1. The van der Waals surface area contributed by atoms with Crippen LogP contribution in [0.25, 0.3) is 0 Å². The highest BCUT2D eigenvalue weighted by molar-refractivity contribution is 8.01. The highest BCUT2D eigenvalue weighted by Crippen LogP contribution is 2.42. The molecule has 1 aromatic carbocycles. The van der Waals surface area contributed by atoms with Gasteiger partial charge in [0.1, 0.15) is 22.4 Å². The normalized spacial score (nSPS) is 19.9. The number of carboxylic acid groups (broad SMARTS) is 1. The van der Waals surface area contributed by atoms with Gasteiger partial charge in [-0.05, 0) is 24.1 Å². The zero-order chi connectivity index (χ0) is 25.7. The number of nitrogens with zero attached hydrogens (tertiary/aromatic N) is 2. The van der Waals surface area contributed by atoms with E-state index in [1.807, 2.05) is 37.3 Å². The number of aromatic nitrogens is 1. The van der Waals surface area contributed by atoms with Crippen LogP contribution >= 0.6 is 35.3 Å². The monoisotopic (exact) mass is 547 g/mol. The van der Waals surface area contributed by atoms with Crippen molar-refractivity contribution in [1.29, 1.82) is 0 Å². The zero-order valence-corrected chi connectivity index (χ0v) is 21.8. The van der Waals surface area contributed by atoms with Crippen molar-refractivity contribution in [3.8, 4) is 0 Å². The molecule has 2 amide bonds. The first kappa shape index (κ1) is 26.4. The highest BCUT2D eigenvalue weighted by Gasteiger charge is 2.54. The van der Waals surface area contributed by atoms with Gasteiger partial charge in [-0.2, -0.15) is 4.73 Å². The summed E-state index contributed by atoms with van der Waals surface area (Å²) in [7, 11) is 0. The summed E-state index contributed by atoms with van der Waals surface area (Å²) >= 11 is 3.95. The molecule has 2 aromatic rings. The molecule has 0 bridgehead atoms. The fraction of sp³-hybridized carbons (Fsp3) is 0.333. The number of β-lactam (4-membered cyclic amide) rings is 1. The number of pyridine rings is 1. The van der Waals surface area contributed by atoms with Crippen molar-refractivity contribution in [2.24, 2.45) is 0 Å². The minimum atomic E-state index is -1.20. The summed E-state index contributed by atoms with van der Waals surface area (Å²) in [6.07, 6.45) is 1.38. The number of carbonyl (C=O) groups is 3. The fourth-order valence-electron chi connectivity index (χ4n) is 3.86. The standard InChI is InChI=1S/C24H25N3O6S3/c1-2-33-14-36-20(15-8-4-3-5-9-15)21(28)25-18-22(29)27-19(24(30)31)16(13-35-23(18)27)12-34-17-10-6-7-11-26(17)32/h3-11,18,20,23H,2,12-14H2,1H3,(H,25,28)(H,30,31)/t18-,20?,23?/m0/s1. The van der Waals surface area contributed by atoms with Gasteiger partial charge in [0.2, 0.25) is 5.91 Å². The van der Waals surface area contributed by atoms with Crippen LogP contribution in [0.4, 0.5) is 0 Å². The average Bonchev–Trinajstić information content (AvgIpc) is 2.89. The summed E-state index contributed by atoms with van der Waals surface area (Å²) in [5, 5.41) is 24.0. The van der Waals surface area contributed by atoms with Crippen molar-refractivity contribution in [2.45, 2.75) is 28.6 Å². The molecule has 2 aliphatic rings. The molecule has 2 aliphatic heterocycles. The van der Waals surface area contributed by atoms with E-state index < -0.39 is 28.5 Å². The van der Waals surface area contributed by atoms with Crippen molar-refractivity contribution >= 4 is 53.1 Å². The lowest BCUT2D eigenvalue weighted by Gasteiger charge is -2.49. The molecule has 36 heavy (non-hydrogen) atoms. The Bertz CT molecular complexity index is 1160. The van der Waals surface area contributed by atoms with Crippen LogP contribution in [0.2, 0.25) is 0 Å². The summed E-state index contributed by atoms with van der Waals surface area (Å²) < 4.78 is 6.13. The van der Waals surface area contributed by atoms with Gasteiger partial charge in [-0.1, -0.05) is 42.1 Å². The van der Waals surface area contributed by atoms with Crippen molar-refractivity contribution in [3.05, 3.63) is 76.8 Å². The number of carboxylic acids is 1. The fourth-order valence-corrected chi connectivity index (χ4v) is 7.23. The van der Waals surface area contributed by atoms with Crippen molar-refractivity contribution in [1.82, 2.24) is 10.2 Å². The molecule has 0 spiro atoms. The van der Waals surface area contributed by atoms with E-state index in [-0.39, 0.29) is 17.4 Å². The van der Waals surface area contributed by atoms with Gasteiger partial charge in [0.15, 0.2) is 6.20 Å². The summed E-state index contributed by atoms with van der Waals surface area (Å²) in [4.78, 5) is 39.6. The van der Waals surface area contributed by atoms with E-state index in [2.05, 4.69) is 5.32 Å². The number of benzene rings is 1. The maximum Gasteiger partial charge on any atom is 0.352 e. The number of rotatable bonds is 11. The molecule has 1 aromatic heterocycles. The number of ether oxygens (including phenoxy) is 1. The molecule has 3 heterocycles. The number of nitrogens with one attached hydrogen (secondary N) is 1.